The molecule has 0 aliphatic heterocycles. The van der Waals surface area contributed by atoms with Gasteiger partial charge in [0.15, 0.2) is 0 Å². The summed E-state index contributed by atoms with van der Waals surface area (Å²) in [6, 6.07) is 11.3. The van der Waals surface area contributed by atoms with E-state index in [1.165, 1.54) is 42.0 Å². The van der Waals surface area contributed by atoms with Crippen molar-refractivity contribution in [2.75, 3.05) is 5.32 Å². The first-order valence-electron chi connectivity index (χ1n) is 9.28. The summed E-state index contributed by atoms with van der Waals surface area (Å²) in [7, 11) is 0. The third kappa shape index (κ3) is 4.37. The average molecular weight is 413 g/mol. The zero-order valence-electron chi connectivity index (χ0n) is 16.5. The number of benzene rings is 2. The summed E-state index contributed by atoms with van der Waals surface area (Å²) in [4.78, 5) is 36.6. The summed E-state index contributed by atoms with van der Waals surface area (Å²) in [6.45, 7) is 2.34. The highest BCUT2D eigenvalue weighted by atomic mass is 19.3. The van der Waals surface area contributed by atoms with Crippen molar-refractivity contribution < 1.29 is 18.4 Å². The van der Waals surface area contributed by atoms with Crippen molar-refractivity contribution >= 4 is 28.3 Å². The van der Waals surface area contributed by atoms with E-state index in [0.717, 1.165) is 6.92 Å². The highest BCUT2D eigenvalue weighted by Crippen LogP contribution is 2.27. The predicted molar refractivity (Wildman–Crippen MR) is 110 cm³/mol. The van der Waals surface area contributed by atoms with Crippen LogP contribution in [0.25, 0.3) is 10.8 Å². The Kier molecular flexibility index (Phi) is 5.69. The van der Waals surface area contributed by atoms with E-state index in [4.69, 9.17) is 5.73 Å². The van der Waals surface area contributed by atoms with Crippen LogP contribution in [-0.2, 0) is 21.9 Å². The average Bonchev–Trinajstić information content (AvgIpc) is 2.68. The normalized spacial score (nSPS) is 12.5. The number of fused-ring (bicyclic) bond motifs is 1. The Morgan fingerprint density at radius 2 is 1.77 bits per heavy atom. The molecule has 0 saturated heterocycles. The van der Waals surface area contributed by atoms with Crippen LogP contribution in [0.3, 0.4) is 0 Å². The number of alkyl halides is 2. The minimum absolute atomic E-state index is 0.0122. The Hall–Kier alpha value is -3.55. The second-order valence-electron chi connectivity index (χ2n) is 7.18. The van der Waals surface area contributed by atoms with Gasteiger partial charge in [-0.25, -0.2) is 8.78 Å². The third-order valence-electron chi connectivity index (χ3n) is 4.90. The maximum atomic E-state index is 13.3. The van der Waals surface area contributed by atoms with Crippen LogP contribution >= 0.6 is 0 Å². The number of anilines is 1. The fraction of sp³-hybridized carbons (Fsp3) is 0.227. The van der Waals surface area contributed by atoms with Gasteiger partial charge in [-0.05, 0) is 30.7 Å². The molecule has 0 unspecified atom stereocenters. The summed E-state index contributed by atoms with van der Waals surface area (Å²) < 4.78 is 27.9. The minimum atomic E-state index is -2.94. The molecule has 1 aromatic heterocycles. The second kappa shape index (κ2) is 8.06. The molecule has 3 N–H and O–H groups in total. The molecule has 3 rings (SSSR count). The molecule has 0 fully saturated rings. The van der Waals surface area contributed by atoms with Crippen LogP contribution in [0.4, 0.5) is 14.5 Å². The molecular formula is C22H21F2N3O3. The second-order valence-corrected chi connectivity index (χ2v) is 7.18. The summed E-state index contributed by atoms with van der Waals surface area (Å²) >= 11 is 0. The number of amides is 2. The minimum Gasteiger partial charge on any atom is -0.368 e. The van der Waals surface area contributed by atoms with Crippen LogP contribution in [0, 0.1) is 0 Å². The molecule has 0 aliphatic rings. The SMILES string of the molecule is C[C@H](C(N)=O)n1ccc2c(NC(=O)Cc3ccc(C(C)(F)F)cc3)cccc2c1=O. The summed E-state index contributed by atoms with van der Waals surface area (Å²) in [6.07, 6.45) is 1.45. The summed E-state index contributed by atoms with van der Waals surface area (Å²) in [5, 5.41) is 3.60. The summed E-state index contributed by atoms with van der Waals surface area (Å²) in [5.74, 6) is -3.93. The van der Waals surface area contributed by atoms with Crippen molar-refractivity contribution in [2.24, 2.45) is 5.73 Å². The van der Waals surface area contributed by atoms with E-state index in [2.05, 4.69) is 5.32 Å². The lowest BCUT2D eigenvalue weighted by atomic mass is 10.1. The number of nitrogens with two attached hydrogens (primary N) is 1. The molecule has 0 bridgehead atoms. The van der Waals surface area contributed by atoms with Gasteiger partial charge < -0.3 is 15.6 Å². The zero-order chi connectivity index (χ0) is 22.1. The van der Waals surface area contributed by atoms with Gasteiger partial charge in [-0.15, -0.1) is 0 Å². The number of hydrogen-bond donors (Lipinski definition) is 2. The molecule has 0 aliphatic carbocycles. The molecule has 3 aromatic rings. The van der Waals surface area contributed by atoms with E-state index in [1.54, 1.807) is 24.3 Å². The van der Waals surface area contributed by atoms with E-state index in [9.17, 15) is 23.2 Å². The number of primary amides is 1. The topological polar surface area (TPSA) is 94.2 Å². The fourth-order valence-electron chi connectivity index (χ4n) is 3.14. The van der Waals surface area contributed by atoms with Gasteiger partial charge in [-0.3, -0.25) is 14.4 Å². The first-order valence-corrected chi connectivity index (χ1v) is 9.28. The Morgan fingerprint density at radius 1 is 1.10 bits per heavy atom. The first kappa shape index (κ1) is 21.2. The quantitative estimate of drug-likeness (QED) is 0.649. The standard InChI is InChI=1S/C22H21F2N3O3/c1-13(20(25)29)27-11-10-16-17(21(27)30)4-3-5-18(16)26-19(28)12-14-6-8-15(9-7-14)22(2,23)24/h3-11,13H,12H2,1-2H3,(H2,25,29)(H,26,28)/t13-/m1/s1. The number of nitrogens with zero attached hydrogens (tertiary/aromatic N) is 1. The number of nitrogens with one attached hydrogen (secondary N) is 1. The predicted octanol–water partition coefficient (Wildman–Crippen LogP) is 3.34. The zero-order valence-corrected chi connectivity index (χ0v) is 16.5. The molecule has 156 valence electrons. The van der Waals surface area contributed by atoms with Crippen LogP contribution in [-0.4, -0.2) is 16.4 Å². The lowest BCUT2D eigenvalue weighted by Gasteiger charge is -2.14. The smallest absolute Gasteiger partial charge is 0.270 e. The van der Waals surface area contributed by atoms with Gasteiger partial charge in [0.25, 0.3) is 11.5 Å². The van der Waals surface area contributed by atoms with Crippen molar-refractivity contribution in [2.45, 2.75) is 32.2 Å². The molecule has 1 atom stereocenters. The van der Waals surface area contributed by atoms with Gasteiger partial charge in [0, 0.05) is 35.1 Å². The molecule has 0 radical (unpaired) electrons. The Balaban J connectivity index is 1.83. The van der Waals surface area contributed by atoms with Crippen LogP contribution in [0.5, 0.6) is 0 Å². The Morgan fingerprint density at radius 3 is 2.37 bits per heavy atom. The molecule has 2 amide bonds. The number of halogens is 2. The van der Waals surface area contributed by atoms with E-state index in [1.807, 2.05) is 0 Å². The highest BCUT2D eigenvalue weighted by Gasteiger charge is 2.23. The third-order valence-corrected chi connectivity index (χ3v) is 4.90. The van der Waals surface area contributed by atoms with Crippen LogP contribution in [0.1, 0.15) is 31.0 Å². The van der Waals surface area contributed by atoms with Crippen LogP contribution < -0.4 is 16.6 Å². The molecule has 1 heterocycles. The number of hydrogen-bond acceptors (Lipinski definition) is 3. The molecule has 8 heteroatoms. The van der Waals surface area contributed by atoms with E-state index in [-0.39, 0.29) is 17.9 Å². The number of pyridine rings is 1. The van der Waals surface area contributed by atoms with Gasteiger partial charge in [0.05, 0.1) is 6.42 Å². The maximum absolute atomic E-state index is 13.3. The van der Waals surface area contributed by atoms with Crippen molar-refractivity contribution in [3.8, 4) is 0 Å². The summed E-state index contributed by atoms with van der Waals surface area (Å²) in [5.41, 5.74) is 5.78. The highest BCUT2D eigenvalue weighted by molar-refractivity contribution is 6.02. The molecule has 0 saturated carbocycles. The van der Waals surface area contributed by atoms with Gasteiger partial charge in [0.2, 0.25) is 11.8 Å². The van der Waals surface area contributed by atoms with Crippen molar-refractivity contribution in [1.29, 1.82) is 0 Å². The van der Waals surface area contributed by atoms with E-state index >= 15 is 0 Å². The molecule has 6 nitrogen and oxygen atoms in total. The largest absolute Gasteiger partial charge is 0.368 e. The first-order chi connectivity index (χ1) is 14.1. The maximum Gasteiger partial charge on any atom is 0.270 e. The van der Waals surface area contributed by atoms with E-state index < -0.39 is 23.4 Å². The lowest BCUT2D eigenvalue weighted by Crippen LogP contribution is -2.31. The number of carbonyl (C=O) groups is 2. The monoisotopic (exact) mass is 413 g/mol. The molecular weight excluding hydrogens is 392 g/mol. The van der Waals surface area contributed by atoms with Crippen LogP contribution in [0.15, 0.2) is 59.5 Å². The number of rotatable bonds is 6. The molecule has 0 spiro atoms. The van der Waals surface area contributed by atoms with Crippen LogP contribution in [0.2, 0.25) is 0 Å². The Bertz CT molecular complexity index is 1160. The van der Waals surface area contributed by atoms with Gasteiger partial charge in [-0.2, -0.15) is 0 Å². The fourth-order valence-corrected chi connectivity index (χ4v) is 3.14. The van der Waals surface area contributed by atoms with E-state index in [0.29, 0.717) is 22.0 Å². The molecule has 2 aromatic carbocycles. The lowest BCUT2D eigenvalue weighted by molar-refractivity contribution is -0.120. The number of aromatic nitrogens is 1. The molecule has 30 heavy (non-hydrogen) atoms. The van der Waals surface area contributed by atoms with Crippen molar-refractivity contribution in [3.05, 3.63) is 76.2 Å². The van der Waals surface area contributed by atoms with Gasteiger partial charge in [-0.1, -0.05) is 30.3 Å². The van der Waals surface area contributed by atoms with Crippen molar-refractivity contribution in [3.63, 3.8) is 0 Å². The number of carbonyl (C=O) groups excluding carboxylic acids is 2. The van der Waals surface area contributed by atoms with Gasteiger partial charge in [0.1, 0.15) is 6.04 Å². The Labute approximate surface area is 171 Å². The van der Waals surface area contributed by atoms with Crippen molar-refractivity contribution in [1.82, 2.24) is 4.57 Å². The van der Waals surface area contributed by atoms with Gasteiger partial charge >= 0.3 is 0 Å².